The summed E-state index contributed by atoms with van der Waals surface area (Å²) >= 11 is 0. The van der Waals surface area contributed by atoms with Gasteiger partial charge in [0.1, 0.15) is 16.4 Å². The van der Waals surface area contributed by atoms with Crippen molar-refractivity contribution in [3.8, 4) is 0 Å². The van der Waals surface area contributed by atoms with E-state index < -0.39 is 28.6 Å². The third-order valence-electron chi connectivity index (χ3n) is 9.70. The minimum atomic E-state index is -1.36. The van der Waals surface area contributed by atoms with Crippen LogP contribution in [0, 0.1) is 0 Å². The van der Waals surface area contributed by atoms with E-state index >= 15 is 9.59 Å². The van der Waals surface area contributed by atoms with E-state index in [-0.39, 0.29) is 16.9 Å². The minimum Gasteiger partial charge on any atom is -0.478 e. The van der Waals surface area contributed by atoms with Crippen molar-refractivity contribution < 1.29 is 19.5 Å². The van der Waals surface area contributed by atoms with Gasteiger partial charge < -0.3 is 15.7 Å². The van der Waals surface area contributed by atoms with Crippen LogP contribution < -0.4 is 10.6 Å². The lowest BCUT2D eigenvalue weighted by molar-refractivity contribution is -0.119. The standard InChI is InChI=1S/C47H36N2O4/c50-43(51)42-40(48-44(52)46(34-20-7-1-8-21-34,35-22-9-2-10-23-35)36-24-11-3-12-25-36)32-19-33-41(42)49-45(53)47(37-26-13-4-14-27-37,38-28-15-5-16-29-38)39-30-17-6-18-31-39/h1-33H,(H,48,52)(H,49,53)(H,50,51). The highest BCUT2D eigenvalue weighted by Crippen LogP contribution is 2.43. The summed E-state index contributed by atoms with van der Waals surface area (Å²) in [6, 6.07) is 61.3. The highest BCUT2D eigenvalue weighted by molar-refractivity contribution is 6.13. The van der Waals surface area contributed by atoms with Gasteiger partial charge in [-0.1, -0.05) is 188 Å². The molecule has 0 saturated carbocycles. The summed E-state index contributed by atoms with van der Waals surface area (Å²) < 4.78 is 0. The fourth-order valence-electron chi connectivity index (χ4n) is 7.34. The third-order valence-corrected chi connectivity index (χ3v) is 9.70. The van der Waals surface area contributed by atoms with Crippen LogP contribution in [-0.4, -0.2) is 22.9 Å². The van der Waals surface area contributed by atoms with E-state index in [1.54, 1.807) is 18.2 Å². The molecule has 0 radical (unpaired) electrons. The summed E-state index contributed by atoms with van der Waals surface area (Å²) in [4.78, 5) is 43.4. The quantitative estimate of drug-likeness (QED) is 0.118. The van der Waals surface area contributed by atoms with Gasteiger partial charge in [-0.15, -0.1) is 0 Å². The van der Waals surface area contributed by atoms with Gasteiger partial charge in [0.2, 0.25) is 11.8 Å². The maximum absolute atomic E-state index is 15.1. The average Bonchev–Trinajstić information content (AvgIpc) is 3.21. The molecule has 7 aromatic rings. The molecule has 7 aromatic carbocycles. The fourth-order valence-corrected chi connectivity index (χ4v) is 7.34. The van der Waals surface area contributed by atoms with Gasteiger partial charge in [0.25, 0.3) is 0 Å². The van der Waals surface area contributed by atoms with E-state index in [4.69, 9.17) is 0 Å². The molecule has 0 aromatic heterocycles. The number of rotatable bonds is 11. The lowest BCUT2D eigenvalue weighted by atomic mass is 9.68. The first kappa shape index (κ1) is 34.4. The molecule has 258 valence electrons. The molecule has 0 spiro atoms. The Kier molecular flexibility index (Phi) is 9.77. The van der Waals surface area contributed by atoms with Crippen molar-refractivity contribution in [2.45, 2.75) is 10.8 Å². The fraction of sp³-hybridized carbons (Fsp3) is 0.0426. The molecule has 0 aliphatic rings. The lowest BCUT2D eigenvalue weighted by Crippen LogP contribution is -2.43. The zero-order valence-corrected chi connectivity index (χ0v) is 28.7. The summed E-state index contributed by atoms with van der Waals surface area (Å²) in [6.07, 6.45) is 0. The van der Waals surface area contributed by atoms with E-state index in [1.807, 2.05) is 182 Å². The third kappa shape index (κ3) is 6.28. The Morgan fingerprint density at radius 3 is 0.774 bits per heavy atom. The van der Waals surface area contributed by atoms with Crippen LogP contribution in [0.15, 0.2) is 200 Å². The normalized spacial score (nSPS) is 11.3. The maximum Gasteiger partial charge on any atom is 0.339 e. The van der Waals surface area contributed by atoms with Crippen molar-refractivity contribution in [1.82, 2.24) is 0 Å². The van der Waals surface area contributed by atoms with Crippen LogP contribution in [0.4, 0.5) is 11.4 Å². The second-order valence-electron chi connectivity index (χ2n) is 12.6. The van der Waals surface area contributed by atoms with Crippen molar-refractivity contribution in [3.63, 3.8) is 0 Å². The predicted molar refractivity (Wildman–Crippen MR) is 209 cm³/mol. The first-order chi connectivity index (χ1) is 26.0. The van der Waals surface area contributed by atoms with Gasteiger partial charge in [0.05, 0.1) is 11.4 Å². The maximum atomic E-state index is 15.1. The summed E-state index contributed by atoms with van der Waals surface area (Å²) in [5.41, 5.74) is 1.33. The van der Waals surface area contributed by atoms with Crippen molar-refractivity contribution >= 4 is 29.2 Å². The van der Waals surface area contributed by atoms with Crippen LogP contribution >= 0.6 is 0 Å². The van der Waals surface area contributed by atoms with Crippen molar-refractivity contribution in [2.24, 2.45) is 0 Å². The molecule has 0 bridgehead atoms. The average molecular weight is 693 g/mol. The molecule has 0 atom stereocenters. The van der Waals surface area contributed by atoms with Crippen LogP contribution in [0.25, 0.3) is 0 Å². The highest BCUT2D eigenvalue weighted by Gasteiger charge is 2.46. The molecule has 0 unspecified atom stereocenters. The number of benzene rings is 7. The number of carbonyl (C=O) groups excluding carboxylic acids is 2. The van der Waals surface area contributed by atoms with Gasteiger partial charge in [-0.3, -0.25) is 9.59 Å². The van der Waals surface area contributed by atoms with Crippen LogP contribution in [0.1, 0.15) is 43.7 Å². The Morgan fingerprint density at radius 2 is 0.566 bits per heavy atom. The largest absolute Gasteiger partial charge is 0.478 e. The van der Waals surface area contributed by atoms with E-state index in [1.165, 1.54) is 0 Å². The van der Waals surface area contributed by atoms with Crippen molar-refractivity contribution in [2.75, 3.05) is 10.6 Å². The number of hydrogen-bond acceptors (Lipinski definition) is 3. The molecule has 6 heteroatoms. The Labute approximate surface area is 308 Å². The van der Waals surface area contributed by atoms with Crippen molar-refractivity contribution in [1.29, 1.82) is 0 Å². The summed E-state index contributed by atoms with van der Waals surface area (Å²) in [5, 5.41) is 16.8. The number of carbonyl (C=O) groups is 3. The van der Waals surface area contributed by atoms with Gasteiger partial charge in [-0.2, -0.15) is 0 Å². The molecule has 0 aliphatic heterocycles. The first-order valence-corrected chi connectivity index (χ1v) is 17.3. The van der Waals surface area contributed by atoms with Crippen LogP contribution in [0.5, 0.6) is 0 Å². The molecule has 0 aliphatic carbocycles. The highest BCUT2D eigenvalue weighted by atomic mass is 16.4. The number of anilines is 2. The van der Waals surface area contributed by atoms with Crippen LogP contribution in [0.2, 0.25) is 0 Å². The van der Waals surface area contributed by atoms with Gasteiger partial charge >= 0.3 is 5.97 Å². The Morgan fingerprint density at radius 1 is 0.340 bits per heavy atom. The summed E-state index contributed by atoms with van der Waals surface area (Å²) in [7, 11) is 0. The van der Waals surface area contributed by atoms with E-state index in [9.17, 15) is 9.90 Å². The number of carboxylic acids is 1. The smallest absolute Gasteiger partial charge is 0.339 e. The number of aromatic carboxylic acids is 1. The molecule has 3 N–H and O–H groups in total. The van der Waals surface area contributed by atoms with Gasteiger partial charge in [0.15, 0.2) is 0 Å². The molecule has 0 saturated heterocycles. The van der Waals surface area contributed by atoms with Gasteiger partial charge in [-0.05, 0) is 45.5 Å². The van der Waals surface area contributed by atoms with E-state index in [0.717, 1.165) is 0 Å². The van der Waals surface area contributed by atoms with Gasteiger partial charge in [-0.25, -0.2) is 4.79 Å². The molecule has 6 nitrogen and oxygen atoms in total. The second kappa shape index (κ2) is 15.1. The Bertz CT molecular complexity index is 1980. The topological polar surface area (TPSA) is 95.5 Å². The minimum absolute atomic E-state index is 0.0391. The molecule has 0 fully saturated rings. The summed E-state index contributed by atoms with van der Waals surface area (Å²) in [6.45, 7) is 0. The van der Waals surface area contributed by atoms with Crippen molar-refractivity contribution in [3.05, 3.63) is 239 Å². The van der Waals surface area contributed by atoms with E-state index in [0.29, 0.717) is 33.4 Å². The molecule has 7 rings (SSSR count). The van der Waals surface area contributed by atoms with Crippen LogP contribution in [0.3, 0.4) is 0 Å². The van der Waals surface area contributed by atoms with Crippen LogP contribution in [-0.2, 0) is 20.4 Å². The molecular weight excluding hydrogens is 657 g/mol. The zero-order chi connectivity index (χ0) is 36.7. The second-order valence-corrected chi connectivity index (χ2v) is 12.6. The first-order valence-electron chi connectivity index (χ1n) is 17.3. The number of amides is 2. The lowest BCUT2D eigenvalue weighted by Gasteiger charge is -2.35. The van der Waals surface area contributed by atoms with E-state index in [2.05, 4.69) is 10.6 Å². The monoisotopic (exact) mass is 692 g/mol. The molecule has 53 heavy (non-hydrogen) atoms. The number of hydrogen-bond donors (Lipinski definition) is 3. The number of carboxylic acid groups (broad SMARTS) is 1. The predicted octanol–water partition coefficient (Wildman–Crippen LogP) is 9.33. The zero-order valence-electron chi connectivity index (χ0n) is 28.7. The number of nitrogens with one attached hydrogen (secondary N) is 2. The molecule has 2 amide bonds. The summed E-state index contributed by atoms with van der Waals surface area (Å²) in [5.74, 6) is -2.23. The molecular formula is C47H36N2O4. The molecule has 0 heterocycles. The SMILES string of the molecule is O=C(O)c1c(NC(=O)C(c2ccccc2)(c2ccccc2)c2ccccc2)cccc1NC(=O)C(c1ccccc1)(c1ccccc1)c1ccccc1. The Hall–Kier alpha value is -7.05. The Balaban J connectivity index is 1.37. The van der Waals surface area contributed by atoms with Gasteiger partial charge in [0, 0.05) is 0 Å².